The van der Waals surface area contributed by atoms with Gasteiger partial charge in [-0.05, 0) is 38.5 Å². The molecule has 14 N–H and O–H groups in total. The number of hydrogen-bond donors (Lipinski definition) is 10. The zero-order chi connectivity index (χ0) is 56.1. The van der Waals surface area contributed by atoms with E-state index in [4.69, 9.17) is 62.5 Å². The molecule has 72 heavy (non-hydrogen) atoms. The number of carboxylic acids is 4. The Kier molecular flexibility index (Phi) is 36.5. The standard InChI is InChI=1S/C30H52N10O2S2.4C2HF3O2/c31-27(35-19-13-15-23-21-37-29(33)43-23)39-25(41)17-11-9-7-5-3-1-2-4-6-8-10-12-18-26(42)40-28(32)36-20-14-16-24-22-38-30(34)44-24;4*3-2(4,5)1(6)7/h21-22H,1-20H2,(H2,33,37)(H2,34,38)(H3,31,35,39,41)(H3,32,36,40,42);4*(H,6,7). The Morgan fingerprint density at radius 2 is 0.681 bits per heavy atom. The van der Waals surface area contributed by atoms with Crippen LogP contribution in [0, 0.1) is 0 Å². The number of carbonyl (C=O) groups excluding carboxylic acids is 2. The van der Waals surface area contributed by atoms with Gasteiger partial charge >= 0.3 is 48.6 Å². The van der Waals surface area contributed by atoms with Crippen LogP contribution in [0.5, 0.6) is 0 Å². The van der Waals surface area contributed by atoms with Crippen molar-refractivity contribution >= 4 is 80.5 Å². The summed E-state index contributed by atoms with van der Waals surface area (Å²) in [6, 6.07) is 0. The molecule has 0 bridgehead atoms. The number of aliphatic imine (C=N–C) groups is 2. The minimum absolute atomic E-state index is 0.0683. The molecule has 0 spiro atoms. The number of alkyl halides is 12. The molecule has 0 fully saturated rings. The maximum Gasteiger partial charge on any atom is 0.490 e. The summed E-state index contributed by atoms with van der Waals surface area (Å²) in [5, 5.41) is 35.0. The van der Waals surface area contributed by atoms with E-state index < -0.39 is 48.6 Å². The third-order valence-corrected chi connectivity index (χ3v) is 9.70. The molecule has 0 saturated heterocycles. The van der Waals surface area contributed by atoms with Crippen LogP contribution < -0.4 is 33.6 Å². The molecule has 2 aromatic rings. The highest BCUT2D eigenvalue weighted by Crippen LogP contribution is 2.18. The van der Waals surface area contributed by atoms with Crippen LogP contribution in [0.15, 0.2) is 22.4 Å². The highest BCUT2D eigenvalue weighted by molar-refractivity contribution is 7.15. The van der Waals surface area contributed by atoms with Crippen LogP contribution in [0.4, 0.5) is 62.9 Å². The Morgan fingerprint density at radius 3 is 0.875 bits per heavy atom. The van der Waals surface area contributed by atoms with E-state index in [2.05, 4.69) is 30.6 Å². The Labute approximate surface area is 410 Å². The van der Waals surface area contributed by atoms with Gasteiger partial charge in [0.25, 0.3) is 0 Å². The number of guanidine groups is 2. The molecule has 0 aliphatic carbocycles. The van der Waals surface area contributed by atoms with Gasteiger partial charge in [-0.2, -0.15) is 52.7 Å². The van der Waals surface area contributed by atoms with Gasteiger partial charge in [-0.1, -0.05) is 64.2 Å². The highest BCUT2D eigenvalue weighted by atomic mass is 32.1. The van der Waals surface area contributed by atoms with Crippen molar-refractivity contribution in [2.75, 3.05) is 24.6 Å². The predicted octanol–water partition coefficient (Wildman–Crippen LogP) is 7.19. The van der Waals surface area contributed by atoms with Crippen LogP contribution in [0.1, 0.15) is 112 Å². The number of nitrogens with one attached hydrogen (secondary N) is 2. The van der Waals surface area contributed by atoms with Crippen molar-refractivity contribution in [1.82, 2.24) is 20.6 Å². The van der Waals surface area contributed by atoms with Gasteiger partial charge in [0.2, 0.25) is 11.8 Å². The number of nitrogens with two attached hydrogens (primary N) is 4. The van der Waals surface area contributed by atoms with Crippen molar-refractivity contribution in [1.29, 1.82) is 0 Å². The smallest absolute Gasteiger partial charge is 0.475 e. The van der Waals surface area contributed by atoms with E-state index in [1.54, 1.807) is 12.4 Å². The van der Waals surface area contributed by atoms with E-state index in [0.29, 0.717) is 36.2 Å². The highest BCUT2D eigenvalue weighted by Gasteiger charge is 2.40. The number of amides is 2. The van der Waals surface area contributed by atoms with Crippen LogP contribution in [-0.4, -0.2) is 116 Å². The molecule has 0 aromatic carbocycles. The number of thiazole rings is 2. The Bertz CT molecular complexity index is 1780. The summed E-state index contributed by atoms with van der Waals surface area (Å²) >= 11 is 2.96. The van der Waals surface area contributed by atoms with Crippen molar-refractivity contribution in [2.24, 2.45) is 21.5 Å². The van der Waals surface area contributed by atoms with Gasteiger partial charge in [0.1, 0.15) is 0 Å². The number of aliphatic carboxylic acids is 4. The Balaban J connectivity index is -0.00000136. The largest absolute Gasteiger partial charge is 0.490 e. The summed E-state index contributed by atoms with van der Waals surface area (Å²) in [5.41, 5.74) is 22.9. The van der Waals surface area contributed by atoms with Crippen LogP contribution in [-0.2, 0) is 41.6 Å². The fraction of sp³-hybridized carbons (Fsp3) is 0.632. The van der Waals surface area contributed by atoms with E-state index in [-0.39, 0.29) is 23.7 Å². The number of nitrogen functional groups attached to an aromatic ring is 2. The lowest BCUT2D eigenvalue weighted by Crippen LogP contribution is -2.36. The topological polar surface area (TPSA) is 362 Å². The number of aromatic nitrogens is 2. The molecule has 0 unspecified atom stereocenters. The molecular formula is C38H56F12N10O10S2. The van der Waals surface area contributed by atoms with Crippen LogP contribution >= 0.6 is 22.7 Å². The molecule has 0 aliphatic heterocycles. The maximum atomic E-state index is 12.0. The average molecular weight is 1110 g/mol. The molecule has 2 amide bonds. The summed E-state index contributed by atoms with van der Waals surface area (Å²) in [7, 11) is 0. The van der Waals surface area contributed by atoms with Gasteiger partial charge in [-0.25, -0.2) is 29.1 Å². The van der Waals surface area contributed by atoms with E-state index in [0.717, 1.165) is 74.0 Å². The third-order valence-electron chi connectivity index (χ3n) is 7.93. The lowest BCUT2D eigenvalue weighted by atomic mass is 10.0. The summed E-state index contributed by atoms with van der Waals surface area (Å²) < 4.78 is 127. The van der Waals surface area contributed by atoms with Crippen molar-refractivity contribution in [3.8, 4) is 0 Å². The molecule has 2 rings (SSSR count). The molecule has 20 nitrogen and oxygen atoms in total. The van der Waals surface area contributed by atoms with Gasteiger partial charge in [0.05, 0.1) is 0 Å². The number of aryl methyl sites for hydroxylation is 2. The lowest BCUT2D eigenvalue weighted by Gasteiger charge is -2.06. The molecule has 2 heterocycles. The molecule has 34 heteroatoms. The van der Waals surface area contributed by atoms with Gasteiger partial charge in [-0.15, -0.1) is 22.7 Å². The van der Waals surface area contributed by atoms with E-state index in [1.165, 1.54) is 61.2 Å². The molecule has 414 valence electrons. The number of carboxylic acid groups (broad SMARTS) is 4. The third kappa shape index (κ3) is 45.0. The average Bonchev–Trinajstić information content (AvgIpc) is 3.87. The summed E-state index contributed by atoms with van der Waals surface area (Å²) in [5.74, 6) is -10.8. The number of rotatable bonds is 23. The monoisotopic (exact) mass is 1100 g/mol. The van der Waals surface area contributed by atoms with Gasteiger partial charge in [-0.3, -0.25) is 30.2 Å². The van der Waals surface area contributed by atoms with Crippen LogP contribution in [0.3, 0.4) is 0 Å². The molecule has 0 saturated carbocycles. The summed E-state index contributed by atoms with van der Waals surface area (Å²) in [6.07, 6.45) is 1.10. The number of halogens is 12. The fourth-order valence-electron chi connectivity index (χ4n) is 4.61. The normalized spacial score (nSPS) is 11.7. The predicted molar refractivity (Wildman–Crippen MR) is 238 cm³/mol. The van der Waals surface area contributed by atoms with Crippen molar-refractivity contribution in [3.63, 3.8) is 0 Å². The fourth-order valence-corrected chi connectivity index (χ4v) is 6.06. The minimum atomic E-state index is -5.08. The summed E-state index contributed by atoms with van der Waals surface area (Å²) in [6.45, 7) is 1.12. The van der Waals surface area contributed by atoms with E-state index >= 15 is 0 Å². The molecular weight excluding hydrogens is 1050 g/mol. The number of nitrogens with zero attached hydrogens (tertiary/aromatic N) is 4. The molecule has 0 aliphatic rings. The van der Waals surface area contributed by atoms with Gasteiger partial charge in [0.15, 0.2) is 22.2 Å². The van der Waals surface area contributed by atoms with E-state index in [9.17, 15) is 62.3 Å². The quantitative estimate of drug-likeness (QED) is 0.0228. The zero-order valence-electron chi connectivity index (χ0n) is 38.0. The van der Waals surface area contributed by atoms with Crippen LogP contribution in [0.25, 0.3) is 0 Å². The minimum Gasteiger partial charge on any atom is -0.475 e. The molecule has 2 aromatic heterocycles. The second-order valence-corrected chi connectivity index (χ2v) is 16.4. The first-order chi connectivity index (χ1) is 33.1. The first-order valence-corrected chi connectivity index (χ1v) is 22.5. The maximum absolute atomic E-state index is 12.0. The lowest BCUT2D eigenvalue weighted by molar-refractivity contribution is -0.193. The van der Waals surface area contributed by atoms with Crippen molar-refractivity contribution in [3.05, 3.63) is 22.1 Å². The second kappa shape index (κ2) is 37.5. The number of anilines is 2. The Morgan fingerprint density at radius 1 is 0.458 bits per heavy atom. The number of hydrogen-bond acceptors (Lipinski definition) is 14. The first-order valence-electron chi connectivity index (χ1n) is 20.9. The molecule has 0 radical (unpaired) electrons. The van der Waals surface area contributed by atoms with Crippen LogP contribution in [0.2, 0.25) is 0 Å². The van der Waals surface area contributed by atoms with Gasteiger partial charge < -0.3 is 43.4 Å². The van der Waals surface area contributed by atoms with E-state index in [1.807, 2.05) is 0 Å². The van der Waals surface area contributed by atoms with Crippen molar-refractivity contribution in [2.45, 2.75) is 140 Å². The van der Waals surface area contributed by atoms with Crippen molar-refractivity contribution < 1.29 is 102 Å². The Hall–Kier alpha value is -6.22. The van der Waals surface area contributed by atoms with Gasteiger partial charge in [0, 0.05) is 48.1 Å². The first kappa shape index (κ1) is 70.0. The molecule has 0 atom stereocenters. The number of carbonyl (C=O) groups is 6. The SMILES string of the molecule is NC(=NCCCc1cnc(N)s1)NC(=O)CCCCCCCCCCCCCCC(=O)NC(N)=NCCCc1cnc(N)s1.O=C(O)C(F)(F)F.O=C(O)C(F)(F)F.O=C(O)C(F)(F)F.O=C(O)C(F)(F)F. The number of unbranched alkanes of at least 4 members (excludes halogenated alkanes) is 11. The zero-order valence-corrected chi connectivity index (χ0v) is 39.6. The second-order valence-electron chi connectivity index (χ2n) is 14.1. The summed E-state index contributed by atoms with van der Waals surface area (Å²) in [4.78, 5) is 78.4.